The largest absolute Gasteiger partial charge is 0.298 e. The van der Waals surface area contributed by atoms with Gasteiger partial charge in [0.25, 0.3) is 0 Å². The van der Waals surface area contributed by atoms with Crippen LogP contribution in [-0.2, 0) is 4.79 Å². The third-order valence-electron chi connectivity index (χ3n) is 2.98. The number of amides is 1. The summed E-state index contributed by atoms with van der Waals surface area (Å²) >= 11 is 14.9. The molecule has 1 aromatic carbocycles. The number of carbonyl (C=O) groups is 1. The van der Waals surface area contributed by atoms with Crippen molar-refractivity contribution in [2.45, 2.75) is 6.92 Å². The fourth-order valence-electron chi connectivity index (χ4n) is 1.92. The van der Waals surface area contributed by atoms with Crippen molar-refractivity contribution in [2.75, 3.05) is 5.32 Å². The number of halogens is 2. The minimum atomic E-state index is -0.260. The standard InChI is InChI=1S/C16H11Cl2N3OS2/c1-9-19-11(7-23-9)3-5-15(22)21-16-20-14(8-24-16)12-4-2-10(17)6-13(12)18/h2-8H,1H3,(H,20,21,22)/b5-3+. The first-order valence-electron chi connectivity index (χ1n) is 6.83. The van der Waals surface area contributed by atoms with Crippen molar-refractivity contribution in [2.24, 2.45) is 0 Å². The molecule has 0 fully saturated rings. The van der Waals surface area contributed by atoms with Crippen LogP contribution < -0.4 is 5.32 Å². The zero-order valence-electron chi connectivity index (χ0n) is 12.4. The Balaban J connectivity index is 1.69. The molecule has 1 N–H and O–H groups in total. The highest BCUT2D eigenvalue weighted by atomic mass is 35.5. The molecule has 8 heteroatoms. The van der Waals surface area contributed by atoms with Crippen LogP contribution in [0.4, 0.5) is 5.13 Å². The summed E-state index contributed by atoms with van der Waals surface area (Å²) in [7, 11) is 0. The van der Waals surface area contributed by atoms with E-state index in [4.69, 9.17) is 23.2 Å². The van der Waals surface area contributed by atoms with E-state index in [9.17, 15) is 4.79 Å². The predicted octanol–water partition coefficient (Wildman–Crippen LogP) is 5.53. The molecule has 0 aliphatic heterocycles. The molecule has 0 aliphatic carbocycles. The smallest absolute Gasteiger partial charge is 0.250 e. The van der Waals surface area contributed by atoms with Gasteiger partial charge in [-0.25, -0.2) is 9.97 Å². The molecule has 0 atom stereocenters. The van der Waals surface area contributed by atoms with Crippen molar-refractivity contribution in [1.82, 2.24) is 9.97 Å². The van der Waals surface area contributed by atoms with Gasteiger partial charge in [0.2, 0.25) is 5.91 Å². The van der Waals surface area contributed by atoms with E-state index in [1.165, 1.54) is 28.7 Å². The topological polar surface area (TPSA) is 54.9 Å². The van der Waals surface area contributed by atoms with E-state index in [0.717, 1.165) is 16.3 Å². The second-order valence-electron chi connectivity index (χ2n) is 4.78. The van der Waals surface area contributed by atoms with Gasteiger partial charge >= 0.3 is 0 Å². The molecular formula is C16H11Cl2N3OS2. The number of aromatic nitrogens is 2. The van der Waals surface area contributed by atoms with Crippen LogP contribution in [0.25, 0.3) is 17.3 Å². The summed E-state index contributed by atoms with van der Waals surface area (Å²) in [6.45, 7) is 1.92. The van der Waals surface area contributed by atoms with Crippen LogP contribution in [-0.4, -0.2) is 15.9 Å². The van der Waals surface area contributed by atoms with E-state index >= 15 is 0 Å². The fourth-order valence-corrected chi connectivity index (χ4v) is 3.72. The normalized spacial score (nSPS) is 11.1. The van der Waals surface area contributed by atoms with Gasteiger partial charge in [-0.3, -0.25) is 10.1 Å². The summed E-state index contributed by atoms with van der Waals surface area (Å²) in [5.74, 6) is -0.260. The van der Waals surface area contributed by atoms with Gasteiger partial charge in [0.15, 0.2) is 5.13 Å². The van der Waals surface area contributed by atoms with E-state index in [0.29, 0.717) is 20.9 Å². The molecule has 0 radical (unpaired) electrons. The van der Waals surface area contributed by atoms with Crippen LogP contribution in [0.1, 0.15) is 10.7 Å². The van der Waals surface area contributed by atoms with Gasteiger partial charge in [-0.2, -0.15) is 0 Å². The maximum atomic E-state index is 12.0. The van der Waals surface area contributed by atoms with Gasteiger partial charge in [-0.1, -0.05) is 23.2 Å². The highest BCUT2D eigenvalue weighted by molar-refractivity contribution is 7.14. The number of nitrogens with one attached hydrogen (secondary N) is 1. The maximum Gasteiger partial charge on any atom is 0.250 e. The first-order chi connectivity index (χ1) is 11.5. The van der Waals surface area contributed by atoms with Crippen LogP contribution in [0, 0.1) is 6.92 Å². The molecule has 0 saturated heterocycles. The van der Waals surface area contributed by atoms with Gasteiger partial charge < -0.3 is 0 Å². The molecule has 24 heavy (non-hydrogen) atoms. The van der Waals surface area contributed by atoms with Crippen molar-refractivity contribution in [3.05, 3.63) is 55.8 Å². The Labute approximate surface area is 156 Å². The van der Waals surface area contributed by atoms with Gasteiger partial charge in [0, 0.05) is 27.4 Å². The first-order valence-corrected chi connectivity index (χ1v) is 9.35. The molecule has 3 rings (SSSR count). The Morgan fingerprint density at radius 3 is 2.75 bits per heavy atom. The van der Waals surface area contributed by atoms with Crippen LogP contribution in [0.15, 0.2) is 35.0 Å². The average Bonchev–Trinajstić information content (AvgIpc) is 3.14. The lowest BCUT2D eigenvalue weighted by molar-refractivity contribution is -0.111. The first kappa shape index (κ1) is 17.1. The summed E-state index contributed by atoms with van der Waals surface area (Å²) in [4.78, 5) is 20.6. The molecule has 4 nitrogen and oxygen atoms in total. The molecule has 0 aliphatic rings. The lowest BCUT2D eigenvalue weighted by atomic mass is 10.2. The lowest BCUT2D eigenvalue weighted by Gasteiger charge is -2.01. The molecule has 0 unspecified atom stereocenters. The van der Waals surface area contributed by atoms with E-state index in [1.807, 2.05) is 17.7 Å². The van der Waals surface area contributed by atoms with E-state index < -0.39 is 0 Å². The summed E-state index contributed by atoms with van der Waals surface area (Å²) in [6, 6.07) is 5.21. The summed E-state index contributed by atoms with van der Waals surface area (Å²) in [6.07, 6.45) is 3.11. The Morgan fingerprint density at radius 1 is 1.21 bits per heavy atom. The molecule has 3 aromatic rings. The average molecular weight is 396 g/mol. The highest BCUT2D eigenvalue weighted by Crippen LogP contribution is 2.32. The molecule has 0 saturated carbocycles. The number of hydrogen-bond acceptors (Lipinski definition) is 5. The van der Waals surface area contributed by atoms with Gasteiger partial charge in [-0.05, 0) is 31.2 Å². The lowest BCUT2D eigenvalue weighted by Crippen LogP contribution is -2.07. The van der Waals surface area contributed by atoms with Crippen molar-refractivity contribution >= 4 is 63.0 Å². The zero-order chi connectivity index (χ0) is 17.1. The fraction of sp³-hybridized carbons (Fsp3) is 0.0625. The highest BCUT2D eigenvalue weighted by Gasteiger charge is 2.10. The third-order valence-corrected chi connectivity index (χ3v) is 5.08. The van der Waals surface area contributed by atoms with E-state index in [1.54, 1.807) is 24.3 Å². The van der Waals surface area contributed by atoms with Crippen molar-refractivity contribution in [3.8, 4) is 11.3 Å². The Bertz CT molecular complexity index is 918. The van der Waals surface area contributed by atoms with Crippen LogP contribution in [0.5, 0.6) is 0 Å². The minimum absolute atomic E-state index is 0.260. The van der Waals surface area contributed by atoms with Gasteiger partial charge in [-0.15, -0.1) is 22.7 Å². The molecular weight excluding hydrogens is 385 g/mol. The van der Waals surface area contributed by atoms with Crippen LogP contribution in [0.2, 0.25) is 10.0 Å². The van der Waals surface area contributed by atoms with Crippen molar-refractivity contribution in [1.29, 1.82) is 0 Å². The quantitative estimate of drug-likeness (QED) is 0.590. The number of aryl methyl sites for hydroxylation is 1. The Hall–Kier alpha value is -1.73. The predicted molar refractivity (Wildman–Crippen MR) is 102 cm³/mol. The number of hydrogen-bond donors (Lipinski definition) is 1. The van der Waals surface area contributed by atoms with Crippen LogP contribution >= 0.6 is 45.9 Å². The second kappa shape index (κ2) is 7.44. The summed E-state index contributed by atoms with van der Waals surface area (Å²) < 4.78 is 0. The minimum Gasteiger partial charge on any atom is -0.298 e. The Morgan fingerprint density at radius 2 is 2.04 bits per heavy atom. The van der Waals surface area contributed by atoms with Gasteiger partial charge in [0.05, 0.1) is 21.4 Å². The molecule has 0 spiro atoms. The molecule has 2 aromatic heterocycles. The second-order valence-corrected chi connectivity index (χ2v) is 7.54. The van der Waals surface area contributed by atoms with Gasteiger partial charge in [0.1, 0.15) is 0 Å². The van der Waals surface area contributed by atoms with E-state index in [2.05, 4.69) is 15.3 Å². The number of thiazole rings is 2. The monoisotopic (exact) mass is 395 g/mol. The van der Waals surface area contributed by atoms with Crippen LogP contribution in [0.3, 0.4) is 0 Å². The number of carbonyl (C=O) groups excluding carboxylic acids is 1. The SMILES string of the molecule is Cc1nc(/C=C/C(=O)Nc2nc(-c3ccc(Cl)cc3Cl)cs2)cs1. The number of benzene rings is 1. The maximum absolute atomic E-state index is 12.0. The third kappa shape index (κ3) is 4.21. The molecule has 0 bridgehead atoms. The summed E-state index contributed by atoms with van der Waals surface area (Å²) in [5, 5.41) is 8.99. The number of anilines is 1. The molecule has 122 valence electrons. The number of rotatable bonds is 4. The molecule has 1 amide bonds. The summed E-state index contributed by atoms with van der Waals surface area (Å²) in [5.41, 5.74) is 2.22. The Kier molecular flexibility index (Phi) is 5.30. The zero-order valence-corrected chi connectivity index (χ0v) is 15.6. The molecule has 2 heterocycles. The number of nitrogens with zero attached hydrogens (tertiary/aromatic N) is 2. The van der Waals surface area contributed by atoms with Crippen molar-refractivity contribution in [3.63, 3.8) is 0 Å². The van der Waals surface area contributed by atoms with E-state index in [-0.39, 0.29) is 5.91 Å². The van der Waals surface area contributed by atoms with Crippen molar-refractivity contribution < 1.29 is 4.79 Å².